The summed E-state index contributed by atoms with van der Waals surface area (Å²) in [5.74, 6) is 0. The normalized spacial score (nSPS) is 19.3. The van der Waals surface area contributed by atoms with Crippen LogP contribution in [-0.2, 0) is 6.54 Å². The van der Waals surface area contributed by atoms with Gasteiger partial charge in [-0.15, -0.1) is 0 Å². The molecule has 0 saturated heterocycles. The minimum absolute atomic E-state index is 0.327. The molecule has 0 radical (unpaired) electrons. The molecule has 0 spiro atoms. The molecule has 1 fully saturated rings. The van der Waals surface area contributed by atoms with Crippen LogP contribution in [0.5, 0.6) is 0 Å². The van der Waals surface area contributed by atoms with Crippen molar-refractivity contribution in [2.75, 3.05) is 13.1 Å². The van der Waals surface area contributed by atoms with Crippen molar-refractivity contribution in [2.24, 2.45) is 0 Å². The number of likely N-dealkylation sites (N-methyl/N-ethyl adjacent to an activating group) is 1. The van der Waals surface area contributed by atoms with Crippen molar-refractivity contribution >= 4 is 0 Å². The number of aliphatic hydroxyl groups excluding tert-OH is 1. The molecule has 0 aliphatic heterocycles. The van der Waals surface area contributed by atoms with Crippen LogP contribution >= 0.6 is 0 Å². The van der Waals surface area contributed by atoms with Gasteiger partial charge in [-0.25, -0.2) is 0 Å². The Morgan fingerprint density at radius 1 is 1.39 bits per heavy atom. The fourth-order valence-corrected chi connectivity index (χ4v) is 2.94. The van der Waals surface area contributed by atoms with Crippen molar-refractivity contribution in [3.63, 3.8) is 0 Å². The Hall–Kier alpha value is -0.870. The van der Waals surface area contributed by atoms with E-state index < -0.39 is 0 Å². The maximum absolute atomic E-state index is 10.2. The van der Waals surface area contributed by atoms with E-state index in [0.29, 0.717) is 12.6 Å². The van der Waals surface area contributed by atoms with Crippen molar-refractivity contribution in [2.45, 2.75) is 57.7 Å². The van der Waals surface area contributed by atoms with Gasteiger partial charge in [-0.1, -0.05) is 26.2 Å². The van der Waals surface area contributed by atoms with Crippen molar-refractivity contribution < 1.29 is 5.11 Å². The molecule has 1 aliphatic carbocycles. The fourth-order valence-electron chi connectivity index (χ4n) is 2.94. The lowest BCUT2D eigenvalue weighted by molar-refractivity contribution is 0.0648. The van der Waals surface area contributed by atoms with E-state index in [-0.39, 0.29) is 6.10 Å². The van der Waals surface area contributed by atoms with Crippen LogP contribution in [0.2, 0.25) is 0 Å². The minimum atomic E-state index is -0.327. The number of aromatic nitrogens is 2. The summed E-state index contributed by atoms with van der Waals surface area (Å²) in [6.45, 7) is 4.58. The highest BCUT2D eigenvalue weighted by Gasteiger charge is 2.21. The van der Waals surface area contributed by atoms with E-state index in [1.54, 1.807) is 10.9 Å². The third-order valence-electron chi connectivity index (χ3n) is 3.90. The molecule has 18 heavy (non-hydrogen) atoms. The highest BCUT2D eigenvalue weighted by atomic mass is 16.3. The lowest BCUT2D eigenvalue weighted by atomic mass is 9.94. The number of rotatable bonds is 6. The number of hydrogen-bond donors (Lipinski definition) is 1. The van der Waals surface area contributed by atoms with Gasteiger partial charge in [-0.3, -0.25) is 9.58 Å². The summed E-state index contributed by atoms with van der Waals surface area (Å²) in [5, 5.41) is 14.3. The van der Waals surface area contributed by atoms with Crippen LogP contribution in [-0.4, -0.2) is 45.0 Å². The van der Waals surface area contributed by atoms with Gasteiger partial charge in [0.25, 0.3) is 0 Å². The molecule has 0 aromatic carbocycles. The van der Waals surface area contributed by atoms with Crippen molar-refractivity contribution in [1.29, 1.82) is 0 Å². The molecule has 0 amide bonds. The van der Waals surface area contributed by atoms with Gasteiger partial charge in [0, 0.05) is 25.0 Å². The average molecular weight is 251 g/mol. The topological polar surface area (TPSA) is 41.3 Å². The summed E-state index contributed by atoms with van der Waals surface area (Å²) in [4.78, 5) is 2.44. The minimum Gasteiger partial charge on any atom is -0.390 e. The van der Waals surface area contributed by atoms with Gasteiger partial charge in [-0.05, 0) is 25.5 Å². The lowest BCUT2D eigenvalue weighted by Crippen LogP contribution is -2.42. The summed E-state index contributed by atoms with van der Waals surface area (Å²) in [7, 11) is 0. The van der Waals surface area contributed by atoms with Gasteiger partial charge in [-0.2, -0.15) is 5.10 Å². The molecule has 1 heterocycles. The Bertz CT molecular complexity index is 320. The molecule has 1 N–H and O–H groups in total. The smallest absolute Gasteiger partial charge is 0.0862 e. The highest BCUT2D eigenvalue weighted by molar-refractivity contribution is 4.80. The maximum Gasteiger partial charge on any atom is 0.0862 e. The second-order valence-corrected chi connectivity index (χ2v) is 5.26. The van der Waals surface area contributed by atoms with Crippen LogP contribution in [0.1, 0.15) is 39.0 Å². The fraction of sp³-hybridized carbons (Fsp3) is 0.786. The summed E-state index contributed by atoms with van der Waals surface area (Å²) in [5.41, 5.74) is 0. The van der Waals surface area contributed by atoms with Crippen LogP contribution < -0.4 is 0 Å². The van der Waals surface area contributed by atoms with Gasteiger partial charge >= 0.3 is 0 Å². The summed E-state index contributed by atoms with van der Waals surface area (Å²) in [6.07, 6.45) is 9.99. The zero-order valence-electron chi connectivity index (χ0n) is 11.3. The molecule has 102 valence electrons. The second kappa shape index (κ2) is 6.90. The Morgan fingerprint density at radius 3 is 2.78 bits per heavy atom. The molecular formula is C14H25N3O. The van der Waals surface area contributed by atoms with Crippen LogP contribution in [0.3, 0.4) is 0 Å². The monoisotopic (exact) mass is 251 g/mol. The summed E-state index contributed by atoms with van der Waals surface area (Å²) >= 11 is 0. The van der Waals surface area contributed by atoms with Crippen LogP contribution in [0.15, 0.2) is 18.5 Å². The van der Waals surface area contributed by atoms with E-state index in [1.165, 1.54) is 32.1 Å². The molecular weight excluding hydrogens is 226 g/mol. The van der Waals surface area contributed by atoms with Gasteiger partial charge in [0.1, 0.15) is 0 Å². The lowest BCUT2D eigenvalue weighted by Gasteiger charge is -2.34. The van der Waals surface area contributed by atoms with E-state index in [9.17, 15) is 5.11 Å². The molecule has 1 unspecified atom stereocenters. The highest BCUT2D eigenvalue weighted by Crippen LogP contribution is 2.22. The first-order chi connectivity index (χ1) is 8.79. The Morgan fingerprint density at radius 2 is 2.17 bits per heavy atom. The second-order valence-electron chi connectivity index (χ2n) is 5.26. The number of nitrogens with zero attached hydrogens (tertiary/aromatic N) is 3. The third kappa shape index (κ3) is 3.82. The van der Waals surface area contributed by atoms with E-state index in [2.05, 4.69) is 16.9 Å². The zero-order valence-corrected chi connectivity index (χ0v) is 11.3. The molecule has 1 saturated carbocycles. The average Bonchev–Trinajstić information content (AvgIpc) is 2.90. The molecule has 1 atom stereocenters. The first kappa shape index (κ1) is 13.6. The van der Waals surface area contributed by atoms with Crippen LogP contribution in [0.25, 0.3) is 0 Å². The van der Waals surface area contributed by atoms with Gasteiger partial charge < -0.3 is 5.11 Å². The summed E-state index contributed by atoms with van der Waals surface area (Å²) < 4.78 is 1.80. The van der Waals surface area contributed by atoms with Gasteiger partial charge in [0.05, 0.1) is 12.6 Å². The molecule has 1 aliphatic rings. The van der Waals surface area contributed by atoms with E-state index in [0.717, 1.165) is 13.1 Å². The molecule has 0 bridgehead atoms. The molecule has 4 nitrogen and oxygen atoms in total. The zero-order chi connectivity index (χ0) is 12.8. The van der Waals surface area contributed by atoms with Crippen LogP contribution in [0.4, 0.5) is 0 Å². The van der Waals surface area contributed by atoms with E-state index in [1.807, 2.05) is 12.3 Å². The van der Waals surface area contributed by atoms with E-state index in [4.69, 9.17) is 0 Å². The van der Waals surface area contributed by atoms with Gasteiger partial charge in [0.2, 0.25) is 0 Å². The predicted molar refractivity (Wildman–Crippen MR) is 72.4 cm³/mol. The maximum atomic E-state index is 10.2. The molecule has 4 heteroatoms. The van der Waals surface area contributed by atoms with Crippen LogP contribution in [0, 0.1) is 0 Å². The van der Waals surface area contributed by atoms with Crippen molar-refractivity contribution in [1.82, 2.24) is 14.7 Å². The number of hydrogen-bond acceptors (Lipinski definition) is 3. The standard InChI is InChI=1S/C14H25N3O/c1-2-16(13-7-4-3-5-8-13)11-14(18)12-17-10-6-9-15-17/h6,9-10,13-14,18H,2-5,7-8,11-12H2,1H3. The molecule has 1 aromatic heterocycles. The number of aliphatic hydroxyl groups is 1. The van der Waals surface area contributed by atoms with Crippen molar-refractivity contribution in [3.8, 4) is 0 Å². The Balaban J connectivity index is 1.81. The Kier molecular flexibility index (Phi) is 5.20. The quantitative estimate of drug-likeness (QED) is 0.839. The van der Waals surface area contributed by atoms with E-state index >= 15 is 0 Å². The molecule has 1 aromatic rings. The largest absolute Gasteiger partial charge is 0.390 e. The predicted octanol–water partition coefficient (Wildman–Crippen LogP) is 1.90. The third-order valence-corrected chi connectivity index (χ3v) is 3.90. The van der Waals surface area contributed by atoms with Crippen molar-refractivity contribution in [3.05, 3.63) is 18.5 Å². The van der Waals surface area contributed by atoms with Gasteiger partial charge in [0.15, 0.2) is 0 Å². The first-order valence-electron chi connectivity index (χ1n) is 7.19. The SMILES string of the molecule is CCN(CC(O)Cn1cccn1)C1CCCCC1. The molecule has 2 rings (SSSR count). The Labute approximate surface area is 110 Å². The first-order valence-corrected chi connectivity index (χ1v) is 7.19. The summed E-state index contributed by atoms with van der Waals surface area (Å²) in [6, 6.07) is 2.57.